The van der Waals surface area contributed by atoms with Crippen molar-refractivity contribution in [2.24, 2.45) is 22.2 Å². The molecule has 16 nitrogen and oxygen atoms in total. The number of carbonyl (C=O) groups is 5. The van der Waals surface area contributed by atoms with Crippen LogP contribution in [0, 0.1) is 0 Å². The van der Waals surface area contributed by atoms with Crippen LogP contribution in [0.5, 0.6) is 0 Å². The van der Waals surface area contributed by atoms with Crippen LogP contribution in [-0.4, -0.2) is 99.5 Å². The molecule has 0 spiro atoms. The van der Waals surface area contributed by atoms with Gasteiger partial charge in [0, 0.05) is 13.0 Å². The molecule has 0 rings (SSSR count). The Morgan fingerprint density at radius 2 is 1.38 bits per heavy atom. The molecule has 194 valence electrons. The first-order valence-corrected chi connectivity index (χ1v) is 10.3. The van der Waals surface area contributed by atoms with Gasteiger partial charge < -0.3 is 53.6 Å². The van der Waals surface area contributed by atoms with Crippen molar-refractivity contribution in [3.05, 3.63) is 0 Å². The standard InChI is InChI=1S/C18H33N7O9/c1-8(27)13(19)16(32)24-10(4-5-12(28)29)15(31)23-9(3-2-6-22-18(20)21)14(30)25-11(7-26)17(33)34/h8-11,13,26-27H,2-7,19H2,1H3,(H,23,31)(H,24,32)(H,25,30)(H,28,29)(H,33,34)(H4,20,21,22). The molecule has 34 heavy (non-hydrogen) atoms. The molecule has 0 aromatic heterocycles. The highest BCUT2D eigenvalue weighted by molar-refractivity contribution is 5.94. The average molecular weight is 492 g/mol. The van der Waals surface area contributed by atoms with Crippen molar-refractivity contribution in [1.82, 2.24) is 16.0 Å². The first kappa shape index (κ1) is 30.5. The van der Waals surface area contributed by atoms with E-state index in [0.29, 0.717) is 0 Å². The van der Waals surface area contributed by atoms with E-state index in [1.807, 2.05) is 0 Å². The zero-order valence-electron chi connectivity index (χ0n) is 18.6. The molecule has 13 N–H and O–H groups in total. The maximum atomic E-state index is 12.8. The quantitative estimate of drug-likeness (QED) is 0.0552. The van der Waals surface area contributed by atoms with Crippen LogP contribution in [0.15, 0.2) is 4.99 Å². The van der Waals surface area contributed by atoms with Crippen molar-refractivity contribution in [2.75, 3.05) is 13.2 Å². The number of hydrogen-bond acceptors (Lipinski definition) is 9. The third-order valence-electron chi connectivity index (χ3n) is 4.48. The van der Waals surface area contributed by atoms with Gasteiger partial charge >= 0.3 is 11.9 Å². The van der Waals surface area contributed by atoms with Gasteiger partial charge in [-0.3, -0.25) is 24.2 Å². The number of rotatable bonds is 16. The molecule has 0 bridgehead atoms. The van der Waals surface area contributed by atoms with Crippen molar-refractivity contribution >= 4 is 35.6 Å². The summed E-state index contributed by atoms with van der Waals surface area (Å²) in [5.74, 6) is -5.82. The van der Waals surface area contributed by atoms with Crippen LogP contribution in [0.1, 0.15) is 32.6 Å². The van der Waals surface area contributed by atoms with Gasteiger partial charge in [0.1, 0.15) is 24.2 Å². The third kappa shape index (κ3) is 11.9. The van der Waals surface area contributed by atoms with Gasteiger partial charge in [0.25, 0.3) is 0 Å². The van der Waals surface area contributed by atoms with Crippen molar-refractivity contribution in [2.45, 2.75) is 62.9 Å². The number of hydrogen-bond donors (Lipinski definition) is 10. The van der Waals surface area contributed by atoms with Crippen molar-refractivity contribution in [3.8, 4) is 0 Å². The lowest BCUT2D eigenvalue weighted by atomic mass is 10.1. The highest BCUT2D eigenvalue weighted by Gasteiger charge is 2.31. The Morgan fingerprint density at radius 3 is 1.82 bits per heavy atom. The molecule has 5 atom stereocenters. The highest BCUT2D eigenvalue weighted by atomic mass is 16.4. The van der Waals surface area contributed by atoms with Gasteiger partial charge in [-0.25, -0.2) is 4.79 Å². The Bertz CT molecular complexity index is 756. The summed E-state index contributed by atoms with van der Waals surface area (Å²) >= 11 is 0. The van der Waals surface area contributed by atoms with Crippen LogP contribution >= 0.6 is 0 Å². The summed E-state index contributed by atoms with van der Waals surface area (Å²) < 4.78 is 0. The number of aliphatic imine (C=N–C) groups is 1. The molecular weight excluding hydrogens is 458 g/mol. The summed E-state index contributed by atoms with van der Waals surface area (Å²) in [6.45, 7) is 0.407. The van der Waals surface area contributed by atoms with E-state index < -0.39 is 73.0 Å². The van der Waals surface area contributed by atoms with Crippen LogP contribution in [0.25, 0.3) is 0 Å². The largest absolute Gasteiger partial charge is 0.481 e. The number of nitrogens with zero attached hydrogens (tertiary/aromatic N) is 1. The molecule has 0 aliphatic carbocycles. The number of aliphatic hydroxyl groups is 2. The van der Waals surface area contributed by atoms with E-state index in [1.54, 1.807) is 0 Å². The second-order valence-corrected chi connectivity index (χ2v) is 7.35. The second kappa shape index (κ2) is 15.4. The number of aliphatic carboxylic acids is 2. The smallest absolute Gasteiger partial charge is 0.328 e. The number of carboxylic acids is 2. The lowest BCUT2D eigenvalue weighted by molar-refractivity contribution is -0.143. The monoisotopic (exact) mass is 491 g/mol. The van der Waals surface area contributed by atoms with Crippen LogP contribution < -0.4 is 33.2 Å². The van der Waals surface area contributed by atoms with E-state index in [0.717, 1.165) is 0 Å². The molecule has 0 saturated heterocycles. The van der Waals surface area contributed by atoms with Gasteiger partial charge in [-0.2, -0.15) is 0 Å². The van der Waals surface area contributed by atoms with Gasteiger partial charge in [0.2, 0.25) is 17.7 Å². The molecule has 0 heterocycles. The van der Waals surface area contributed by atoms with Gasteiger partial charge in [-0.15, -0.1) is 0 Å². The van der Waals surface area contributed by atoms with Gasteiger partial charge in [-0.1, -0.05) is 0 Å². The zero-order chi connectivity index (χ0) is 26.4. The summed E-state index contributed by atoms with van der Waals surface area (Å²) in [5, 5.41) is 43.2. The Kier molecular flexibility index (Phi) is 13.8. The fourth-order valence-corrected chi connectivity index (χ4v) is 2.53. The minimum atomic E-state index is -1.64. The number of amides is 3. The Labute approximate surface area is 194 Å². The fraction of sp³-hybridized carbons (Fsp3) is 0.667. The third-order valence-corrected chi connectivity index (χ3v) is 4.48. The second-order valence-electron chi connectivity index (χ2n) is 7.35. The summed E-state index contributed by atoms with van der Waals surface area (Å²) in [6.07, 6.45) is -2.04. The molecule has 0 aromatic rings. The number of guanidine groups is 1. The lowest BCUT2D eigenvalue weighted by Gasteiger charge is -2.25. The van der Waals surface area contributed by atoms with Crippen molar-refractivity contribution < 1.29 is 44.4 Å². The zero-order valence-corrected chi connectivity index (χ0v) is 18.6. The van der Waals surface area contributed by atoms with Gasteiger partial charge in [0.05, 0.1) is 12.7 Å². The highest BCUT2D eigenvalue weighted by Crippen LogP contribution is 2.05. The number of carbonyl (C=O) groups excluding carboxylic acids is 3. The number of aliphatic hydroxyl groups excluding tert-OH is 2. The number of nitrogens with two attached hydrogens (primary N) is 3. The normalized spacial score (nSPS) is 15.1. The van der Waals surface area contributed by atoms with Crippen LogP contribution in [-0.2, 0) is 24.0 Å². The molecule has 16 heteroatoms. The summed E-state index contributed by atoms with van der Waals surface area (Å²) in [7, 11) is 0. The molecule has 3 amide bonds. The van der Waals surface area contributed by atoms with E-state index in [-0.39, 0.29) is 31.8 Å². The summed E-state index contributed by atoms with van der Waals surface area (Å²) in [5.41, 5.74) is 16.0. The van der Waals surface area contributed by atoms with Crippen LogP contribution in [0.3, 0.4) is 0 Å². The van der Waals surface area contributed by atoms with E-state index in [1.165, 1.54) is 6.92 Å². The number of nitrogens with one attached hydrogen (secondary N) is 3. The van der Waals surface area contributed by atoms with E-state index in [2.05, 4.69) is 20.9 Å². The SMILES string of the molecule is CC(O)C(N)C(=O)NC(CCC(=O)O)C(=O)NC(CCCN=C(N)N)C(=O)NC(CO)C(=O)O. The minimum Gasteiger partial charge on any atom is -0.481 e. The van der Waals surface area contributed by atoms with E-state index in [4.69, 9.17) is 32.5 Å². The molecule has 0 radical (unpaired) electrons. The topological polar surface area (TPSA) is 293 Å². The van der Waals surface area contributed by atoms with E-state index >= 15 is 0 Å². The van der Waals surface area contributed by atoms with Crippen LogP contribution in [0.2, 0.25) is 0 Å². The van der Waals surface area contributed by atoms with Crippen molar-refractivity contribution in [1.29, 1.82) is 0 Å². The number of carboxylic acid groups (broad SMARTS) is 2. The van der Waals surface area contributed by atoms with Gasteiger partial charge in [-0.05, 0) is 26.2 Å². The molecule has 0 saturated carbocycles. The first-order valence-electron chi connectivity index (χ1n) is 10.3. The Hall–Kier alpha value is -3.50. The first-order chi connectivity index (χ1) is 15.8. The predicted octanol–water partition coefficient (Wildman–Crippen LogP) is -4.86. The minimum absolute atomic E-state index is 0.0705. The Balaban J connectivity index is 5.59. The maximum absolute atomic E-state index is 12.8. The van der Waals surface area contributed by atoms with Gasteiger partial charge in [0.15, 0.2) is 5.96 Å². The van der Waals surface area contributed by atoms with E-state index in [9.17, 15) is 29.1 Å². The van der Waals surface area contributed by atoms with Crippen LogP contribution in [0.4, 0.5) is 0 Å². The molecule has 0 aliphatic rings. The molecule has 0 aromatic carbocycles. The fourth-order valence-electron chi connectivity index (χ4n) is 2.53. The Morgan fingerprint density at radius 1 is 0.882 bits per heavy atom. The summed E-state index contributed by atoms with van der Waals surface area (Å²) in [6, 6.07) is -5.82. The summed E-state index contributed by atoms with van der Waals surface area (Å²) in [4.78, 5) is 63.3. The lowest BCUT2D eigenvalue weighted by Crippen LogP contribution is -2.58. The van der Waals surface area contributed by atoms with Crippen molar-refractivity contribution in [3.63, 3.8) is 0 Å². The molecular formula is C18H33N7O9. The maximum Gasteiger partial charge on any atom is 0.328 e. The predicted molar refractivity (Wildman–Crippen MR) is 117 cm³/mol. The molecule has 0 aliphatic heterocycles. The molecule has 0 fully saturated rings. The molecule has 5 unspecified atom stereocenters. The average Bonchev–Trinajstić information content (AvgIpc) is 2.74.